The lowest BCUT2D eigenvalue weighted by Gasteiger charge is -2.26. The van der Waals surface area contributed by atoms with E-state index in [4.69, 9.17) is 5.73 Å². The summed E-state index contributed by atoms with van der Waals surface area (Å²) in [6.07, 6.45) is -0.252. The van der Waals surface area contributed by atoms with Gasteiger partial charge in [-0.25, -0.2) is 20.0 Å². The number of carbonyl (C=O) groups is 7. The number of benzene rings is 1. The van der Waals surface area contributed by atoms with E-state index in [0.717, 1.165) is 20.8 Å². The van der Waals surface area contributed by atoms with Crippen molar-refractivity contribution in [2.75, 3.05) is 19.6 Å². The van der Waals surface area contributed by atoms with Crippen LogP contribution in [0.3, 0.4) is 0 Å². The minimum absolute atomic E-state index is 0.00133. The lowest BCUT2D eigenvalue weighted by atomic mass is 10.0. The summed E-state index contributed by atoms with van der Waals surface area (Å²) in [5, 5.41) is 56.8. The largest absolute Gasteiger partial charge is 0.508 e. The summed E-state index contributed by atoms with van der Waals surface area (Å²) >= 11 is 0. The number of hydroxylamine groups is 6. The number of nitrogens with two attached hydrogens (primary N) is 1. The molecular weight excluding hydrogens is 638 g/mol. The molecule has 19 heteroatoms. The third-order valence-corrected chi connectivity index (χ3v) is 7.06. The minimum atomic E-state index is -1.60. The molecule has 0 heterocycles. The van der Waals surface area contributed by atoms with Crippen molar-refractivity contribution in [3.63, 3.8) is 0 Å². The fraction of sp³-hybridized carbons (Fsp3) is 0.552. The molecule has 10 N–H and O–H groups in total. The predicted molar refractivity (Wildman–Crippen MR) is 164 cm³/mol. The number of nitrogens with one attached hydrogen (secondary N) is 3. The highest BCUT2D eigenvalue weighted by Gasteiger charge is 2.31. The zero-order valence-electron chi connectivity index (χ0n) is 27.0. The van der Waals surface area contributed by atoms with Crippen molar-refractivity contribution in [3.8, 4) is 5.75 Å². The number of aromatic hydroxyl groups is 1. The van der Waals surface area contributed by atoms with Crippen molar-refractivity contribution in [3.05, 3.63) is 29.8 Å². The zero-order chi connectivity index (χ0) is 36.6. The van der Waals surface area contributed by atoms with Gasteiger partial charge in [-0.3, -0.25) is 44.4 Å². The molecule has 0 fully saturated rings. The average molecular weight is 684 g/mol. The number of carboxylic acid groups (broad SMARTS) is 1. The Balaban J connectivity index is 3.20. The molecule has 0 saturated carbocycles. The fourth-order valence-corrected chi connectivity index (χ4v) is 4.24. The molecule has 6 amide bonds. The molecule has 268 valence electrons. The number of amides is 6. The van der Waals surface area contributed by atoms with Crippen LogP contribution in [-0.2, 0) is 33.6 Å². The number of phenols is 1. The Morgan fingerprint density at radius 2 is 1.02 bits per heavy atom. The molecule has 0 aliphatic carbocycles. The summed E-state index contributed by atoms with van der Waals surface area (Å²) in [6, 6.07) is -0.617. The SMILES string of the molecule is CC(=O)N(O)CCC[C@H](NC(=O)[C@H](CCCN(O)C(C)=O)NC(=O)[C@@H](N)CCCN(O)C(C)=O)C(=O)N[C@@H](C(=O)O)c1ccc(O)cc1. The van der Waals surface area contributed by atoms with Crippen molar-refractivity contribution in [1.82, 2.24) is 31.1 Å². The number of carbonyl (C=O) groups excluding carboxylic acids is 6. The second kappa shape index (κ2) is 20.4. The van der Waals surface area contributed by atoms with Crippen LogP contribution in [-0.4, -0.2) is 120 Å². The molecular formula is C29H45N7O12. The van der Waals surface area contributed by atoms with Gasteiger partial charge in [0.25, 0.3) is 0 Å². The molecule has 1 aromatic rings. The molecule has 1 rings (SSSR count). The number of carboxylic acids is 1. The molecule has 0 aliphatic heterocycles. The Morgan fingerprint density at radius 3 is 1.42 bits per heavy atom. The maximum absolute atomic E-state index is 13.5. The second-order valence-electron chi connectivity index (χ2n) is 11.0. The van der Waals surface area contributed by atoms with Gasteiger partial charge in [-0.15, -0.1) is 0 Å². The third kappa shape index (κ3) is 14.7. The van der Waals surface area contributed by atoms with Crippen LogP contribution in [0.4, 0.5) is 0 Å². The van der Waals surface area contributed by atoms with Crippen molar-refractivity contribution in [1.29, 1.82) is 0 Å². The molecule has 0 aliphatic rings. The topological polar surface area (TPSA) is 292 Å². The normalized spacial score (nSPS) is 13.2. The second-order valence-corrected chi connectivity index (χ2v) is 11.0. The van der Waals surface area contributed by atoms with Gasteiger partial charge in [-0.2, -0.15) is 0 Å². The smallest absolute Gasteiger partial charge is 0.330 e. The molecule has 19 nitrogen and oxygen atoms in total. The van der Waals surface area contributed by atoms with Gasteiger partial charge in [0, 0.05) is 40.4 Å². The lowest BCUT2D eigenvalue weighted by Crippen LogP contribution is -2.56. The highest BCUT2D eigenvalue weighted by Crippen LogP contribution is 2.18. The molecule has 48 heavy (non-hydrogen) atoms. The van der Waals surface area contributed by atoms with Gasteiger partial charge in [0.2, 0.25) is 35.4 Å². The number of hydrogen-bond donors (Lipinski definition) is 9. The summed E-state index contributed by atoms with van der Waals surface area (Å²) in [5.41, 5.74) is 6.05. The number of rotatable bonds is 20. The Labute approximate surface area is 276 Å². The van der Waals surface area contributed by atoms with Crippen LogP contribution in [0.2, 0.25) is 0 Å². The first-order valence-corrected chi connectivity index (χ1v) is 15.0. The van der Waals surface area contributed by atoms with Crippen LogP contribution in [0, 0.1) is 0 Å². The molecule has 0 bridgehead atoms. The van der Waals surface area contributed by atoms with Crippen LogP contribution in [0.15, 0.2) is 24.3 Å². The van der Waals surface area contributed by atoms with Crippen molar-refractivity contribution >= 4 is 41.4 Å². The monoisotopic (exact) mass is 683 g/mol. The van der Waals surface area contributed by atoms with Crippen molar-refractivity contribution in [2.45, 2.75) is 83.5 Å². The molecule has 0 radical (unpaired) electrons. The van der Waals surface area contributed by atoms with E-state index in [1.165, 1.54) is 24.3 Å². The van der Waals surface area contributed by atoms with E-state index in [-0.39, 0.29) is 69.5 Å². The maximum atomic E-state index is 13.5. The van der Waals surface area contributed by atoms with Gasteiger partial charge in [0.1, 0.15) is 17.8 Å². The molecule has 0 unspecified atom stereocenters. The van der Waals surface area contributed by atoms with Crippen LogP contribution < -0.4 is 21.7 Å². The Morgan fingerprint density at radius 1 is 0.646 bits per heavy atom. The van der Waals surface area contributed by atoms with E-state index in [0.29, 0.717) is 15.2 Å². The number of nitrogens with zero attached hydrogens (tertiary/aromatic N) is 3. The van der Waals surface area contributed by atoms with Crippen LogP contribution in [0.25, 0.3) is 0 Å². The van der Waals surface area contributed by atoms with Gasteiger partial charge in [-0.1, -0.05) is 12.1 Å². The van der Waals surface area contributed by atoms with Crippen LogP contribution in [0.5, 0.6) is 5.75 Å². The molecule has 4 atom stereocenters. The Kier molecular flexibility index (Phi) is 17.5. The predicted octanol–water partition coefficient (Wildman–Crippen LogP) is -1.02. The number of hydrogen-bond acceptors (Lipinski definition) is 12. The van der Waals surface area contributed by atoms with Gasteiger partial charge >= 0.3 is 5.97 Å². The zero-order valence-corrected chi connectivity index (χ0v) is 27.0. The van der Waals surface area contributed by atoms with Gasteiger partial charge in [0.15, 0.2) is 6.04 Å². The highest BCUT2D eigenvalue weighted by molar-refractivity contribution is 5.94. The summed E-state index contributed by atoms with van der Waals surface area (Å²) < 4.78 is 0. The summed E-state index contributed by atoms with van der Waals surface area (Å²) in [5.74, 6) is -6.25. The summed E-state index contributed by atoms with van der Waals surface area (Å²) in [4.78, 5) is 85.8. The van der Waals surface area contributed by atoms with E-state index in [1.54, 1.807) is 0 Å². The van der Waals surface area contributed by atoms with Crippen LogP contribution in [0.1, 0.15) is 70.9 Å². The van der Waals surface area contributed by atoms with E-state index in [2.05, 4.69) is 16.0 Å². The summed E-state index contributed by atoms with van der Waals surface area (Å²) in [6.45, 7) is 2.78. The Bertz CT molecular complexity index is 1280. The van der Waals surface area contributed by atoms with E-state index < -0.39 is 65.6 Å². The quantitative estimate of drug-likeness (QED) is 0.0588. The first kappa shape index (κ1) is 41.2. The first-order chi connectivity index (χ1) is 22.4. The first-order valence-electron chi connectivity index (χ1n) is 15.0. The molecule has 0 spiro atoms. The molecule has 0 aromatic heterocycles. The minimum Gasteiger partial charge on any atom is -0.508 e. The van der Waals surface area contributed by atoms with E-state index >= 15 is 0 Å². The average Bonchev–Trinajstić information content (AvgIpc) is 3.02. The number of phenolic OH excluding ortho intramolecular Hbond substituents is 1. The molecule has 0 saturated heterocycles. The lowest BCUT2D eigenvalue weighted by molar-refractivity contribution is -0.163. The fourth-order valence-electron chi connectivity index (χ4n) is 4.24. The Hall–Kier alpha value is -4.85. The van der Waals surface area contributed by atoms with Gasteiger partial charge in [0.05, 0.1) is 6.04 Å². The van der Waals surface area contributed by atoms with Gasteiger partial charge in [-0.05, 0) is 56.2 Å². The summed E-state index contributed by atoms with van der Waals surface area (Å²) in [7, 11) is 0. The molecule has 1 aromatic carbocycles. The number of aliphatic carboxylic acids is 1. The van der Waals surface area contributed by atoms with Crippen molar-refractivity contribution in [2.24, 2.45) is 5.73 Å². The maximum Gasteiger partial charge on any atom is 0.330 e. The standard InChI is InChI=1S/C29H45N7O12/c1-17(37)34(46)14-4-7-22(30)26(41)31-23(8-5-15-35(47)18(2)38)27(42)32-24(9-6-16-36(48)19(3)39)28(43)33-25(29(44)45)20-10-12-21(40)13-11-20/h10-13,22-25,40,46-48H,4-9,14-16,30H2,1-3H3,(H,31,41)(H,32,42)(H,33,43)(H,44,45)/t22-,23-,24-,25+/m0/s1. The third-order valence-electron chi connectivity index (χ3n) is 7.06. The van der Waals surface area contributed by atoms with Crippen LogP contribution >= 0.6 is 0 Å². The van der Waals surface area contributed by atoms with E-state index in [9.17, 15) is 59.4 Å². The van der Waals surface area contributed by atoms with Gasteiger partial charge < -0.3 is 31.9 Å². The van der Waals surface area contributed by atoms with E-state index in [1.807, 2.05) is 0 Å². The van der Waals surface area contributed by atoms with Crippen molar-refractivity contribution < 1.29 is 59.4 Å². The highest BCUT2D eigenvalue weighted by atomic mass is 16.5.